The molecule has 0 rings (SSSR count). The van der Waals surface area contributed by atoms with E-state index in [1.54, 1.807) is 0 Å². The summed E-state index contributed by atoms with van der Waals surface area (Å²) >= 11 is 0. The molecule has 0 aromatic heterocycles. The molecule has 0 aromatic carbocycles. The molecule has 0 heterocycles. The average Bonchev–Trinajstić information content (AvgIpc) is 2.77. The summed E-state index contributed by atoms with van der Waals surface area (Å²) in [6, 6.07) is 0. The van der Waals surface area contributed by atoms with E-state index in [0.717, 1.165) is 115 Å². The third-order valence-corrected chi connectivity index (χ3v) is 19.6. The second kappa shape index (κ2) is 67.9. The number of ether oxygens (including phenoxy) is 4. The predicted octanol–water partition coefficient (Wildman–Crippen LogP) is 22.3. The van der Waals surface area contributed by atoms with Gasteiger partial charge < -0.3 is 33.8 Å². The highest BCUT2D eigenvalue weighted by Gasteiger charge is 2.30. The summed E-state index contributed by atoms with van der Waals surface area (Å²) in [5.74, 6) is -0.624. The highest BCUT2D eigenvalue weighted by atomic mass is 31.2. The molecule has 0 amide bonds. The number of phosphoric ester groups is 2. The molecule has 0 aliphatic heterocycles. The summed E-state index contributed by atoms with van der Waals surface area (Å²) < 4.78 is 68.4. The fourth-order valence-corrected chi connectivity index (χ4v) is 13.2. The Morgan fingerprint density at radius 1 is 0.284 bits per heavy atom. The maximum atomic E-state index is 13.1. The molecule has 564 valence electrons. The lowest BCUT2D eigenvalue weighted by atomic mass is 10.0. The minimum absolute atomic E-state index is 0.104. The first-order valence-corrected chi connectivity index (χ1v) is 42.5. The van der Waals surface area contributed by atoms with Crippen LogP contribution >= 0.6 is 15.6 Å². The van der Waals surface area contributed by atoms with Crippen LogP contribution in [0.15, 0.2) is 0 Å². The largest absolute Gasteiger partial charge is 0.472 e. The molecule has 19 heteroatoms. The molecule has 3 N–H and O–H groups in total. The molecule has 0 aromatic rings. The van der Waals surface area contributed by atoms with Gasteiger partial charge in [-0.25, -0.2) is 9.13 Å². The van der Waals surface area contributed by atoms with E-state index in [2.05, 4.69) is 41.5 Å². The van der Waals surface area contributed by atoms with Crippen molar-refractivity contribution >= 4 is 39.5 Å². The number of aliphatic hydroxyl groups excluding tert-OH is 1. The van der Waals surface area contributed by atoms with Crippen LogP contribution in [-0.4, -0.2) is 96.7 Å². The Morgan fingerprint density at radius 3 is 0.716 bits per heavy atom. The molecule has 5 atom stereocenters. The molecule has 2 unspecified atom stereocenters. The Balaban J connectivity index is 5.15. The van der Waals surface area contributed by atoms with Crippen molar-refractivity contribution in [2.45, 2.75) is 413 Å². The van der Waals surface area contributed by atoms with E-state index in [-0.39, 0.29) is 25.7 Å². The molecule has 0 fully saturated rings. The van der Waals surface area contributed by atoms with E-state index < -0.39 is 97.5 Å². The lowest BCUT2D eigenvalue weighted by Crippen LogP contribution is -2.30. The summed E-state index contributed by atoms with van der Waals surface area (Å²) in [5, 5.41) is 10.6. The Kier molecular flexibility index (Phi) is 66.5. The minimum atomic E-state index is -4.96. The number of hydrogen-bond donors (Lipinski definition) is 3. The second-order valence-electron chi connectivity index (χ2n) is 28.3. The van der Waals surface area contributed by atoms with Crippen molar-refractivity contribution in [2.75, 3.05) is 39.6 Å². The predicted molar refractivity (Wildman–Crippen MR) is 386 cm³/mol. The van der Waals surface area contributed by atoms with Crippen molar-refractivity contribution in [2.24, 2.45) is 11.8 Å². The van der Waals surface area contributed by atoms with Gasteiger partial charge >= 0.3 is 39.5 Å². The smallest absolute Gasteiger partial charge is 0.462 e. The fraction of sp³-hybridized carbons (Fsp3) is 0.947. The van der Waals surface area contributed by atoms with Gasteiger partial charge in [-0.15, -0.1) is 0 Å². The fourth-order valence-electron chi connectivity index (χ4n) is 11.7. The maximum absolute atomic E-state index is 13.1. The van der Waals surface area contributed by atoms with E-state index >= 15 is 0 Å². The van der Waals surface area contributed by atoms with Gasteiger partial charge in [0.05, 0.1) is 26.4 Å². The third-order valence-electron chi connectivity index (χ3n) is 17.7. The van der Waals surface area contributed by atoms with Crippen molar-refractivity contribution in [1.82, 2.24) is 0 Å². The normalized spacial score (nSPS) is 14.0. The van der Waals surface area contributed by atoms with Gasteiger partial charge in [-0.1, -0.05) is 343 Å². The Hall–Kier alpha value is -1.94. The number of rotatable bonds is 75. The molecule has 95 heavy (non-hydrogen) atoms. The minimum Gasteiger partial charge on any atom is -0.462 e. The molecule has 0 aliphatic rings. The number of esters is 4. The van der Waals surface area contributed by atoms with Crippen molar-refractivity contribution in [1.29, 1.82) is 0 Å². The number of carbonyl (C=O) groups is 4. The van der Waals surface area contributed by atoms with Crippen molar-refractivity contribution in [3.63, 3.8) is 0 Å². The molecule has 0 spiro atoms. The standard InChI is InChI=1S/C76H148O17P2/c1-7-9-11-13-15-16-17-18-19-20-21-22-23-24-25-26-27-32-35-42-48-54-60-75(80)92-72(65-87-74(79)59-53-47-41-34-31-29-28-30-33-39-44-50-56-68(3)4)67-91-95(84,85)89-63-70(77)62-88-94(82,83)90-66-71(64-86-73(78)58-52-46-38-14-12-10-8-2)93-76(81)61-55-49-43-37-36-40-45-51-57-69(5)6/h68-72,77H,7-67H2,1-6H3,(H,82,83)(H,84,85)/t70-,71+,72+/m0/s1. The molecule has 17 nitrogen and oxygen atoms in total. The summed E-state index contributed by atoms with van der Waals surface area (Å²) in [6.07, 6.45) is 55.9. The summed E-state index contributed by atoms with van der Waals surface area (Å²) in [6.45, 7) is 9.51. The Labute approximate surface area is 581 Å². The summed E-state index contributed by atoms with van der Waals surface area (Å²) in [5.41, 5.74) is 0. The van der Waals surface area contributed by atoms with Gasteiger partial charge in [-0.3, -0.25) is 37.3 Å². The number of unbranched alkanes of at least 4 members (excludes halogenated alkanes) is 45. The lowest BCUT2D eigenvalue weighted by Gasteiger charge is -2.21. The number of phosphoric acid groups is 2. The van der Waals surface area contributed by atoms with Crippen LogP contribution in [0.25, 0.3) is 0 Å². The lowest BCUT2D eigenvalue weighted by molar-refractivity contribution is -0.161. The van der Waals surface area contributed by atoms with Crippen LogP contribution < -0.4 is 0 Å². The van der Waals surface area contributed by atoms with E-state index in [1.165, 1.54) is 199 Å². The SMILES string of the molecule is CCCCCCCCCCCCCCCCCCCCCCCCC(=O)O[C@H](COC(=O)CCCCCCCCCCCCCCC(C)C)COP(=O)(O)OC[C@@H](O)COP(=O)(O)OC[C@@H](COC(=O)CCCCCCCCC)OC(=O)CCCCCCCCCCC(C)C. The maximum Gasteiger partial charge on any atom is 0.472 e. The molecular formula is C76H148O17P2. The van der Waals surface area contributed by atoms with Gasteiger partial charge in [0.1, 0.15) is 19.3 Å². The molecule has 0 aliphatic carbocycles. The second-order valence-corrected chi connectivity index (χ2v) is 31.3. The van der Waals surface area contributed by atoms with Crippen LogP contribution in [-0.2, 0) is 65.4 Å². The van der Waals surface area contributed by atoms with Gasteiger partial charge in [0.2, 0.25) is 0 Å². The van der Waals surface area contributed by atoms with E-state index in [0.29, 0.717) is 25.7 Å². The van der Waals surface area contributed by atoms with Crippen molar-refractivity contribution in [3.8, 4) is 0 Å². The van der Waals surface area contributed by atoms with Gasteiger partial charge in [0.15, 0.2) is 12.2 Å². The van der Waals surface area contributed by atoms with Crippen LogP contribution in [0.5, 0.6) is 0 Å². The van der Waals surface area contributed by atoms with Crippen LogP contribution in [0.1, 0.15) is 395 Å². The van der Waals surface area contributed by atoms with Crippen LogP contribution in [0.3, 0.4) is 0 Å². The number of hydrogen-bond acceptors (Lipinski definition) is 15. The van der Waals surface area contributed by atoms with Gasteiger partial charge in [0.25, 0.3) is 0 Å². The zero-order chi connectivity index (χ0) is 70.0. The van der Waals surface area contributed by atoms with Crippen LogP contribution in [0, 0.1) is 11.8 Å². The van der Waals surface area contributed by atoms with Gasteiger partial charge in [0, 0.05) is 25.7 Å². The van der Waals surface area contributed by atoms with Gasteiger partial charge in [-0.05, 0) is 37.5 Å². The Morgan fingerprint density at radius 2 is 0.484 bits per heavy atom. The van der Waals surface area contributed by atoms with Crippen molar-refractivity contribution < 1.29 is 80.2 Å². The monoisotopic (exact) mass is 1400 g/mol. The van der Waals surface area contributed by atoms with E-state index in [9.17, 15) is 43.2 Å². The molecule has 0 radical (unpaired) electrons. The molecule has 0 saturated carbocycles. The Bertz CT molecular complexity index is 1840. The number of aliphatic hydroxyl groups is 1. The van der Waals surface area contributed by atoms with Gasteiger partial charge in [-0.2, -0.15) is 0 Å². The molecule has 0 saturated heterocycles. The van der Waals surface area contributed by atoms with E-state index in [4.69, 9.17) is 37.0 Å². The quantitative estimate of drug-likeness (QED) is 0.0222. The average molecular weight is 1400 g/mol. The van der Waals surface area contributed by atoms with Crippen molar-refractivity contribution in [3.05, 3.63) is 0 Å². The number of carbonyl (C=O) groups excluding carboxylic acids is 4. The first kappa shape index (κ1) is 93.1. The summed E-state index contributed by atoms with van der Waals surface area (Å²) in [4.78, 5) is 72.6. The topological polar surface area (TPSA) is 237 Å². The van der Waals surface area contributed by atoms with Crippen LogP contribution in [0.2, 0.25) is 0 Å². The zero-order valence-corrected chi connectivity index (χ0v) is 63.8. The van der Waals surface area contributed by atoms with E-state index in [1.807, 2.05) is 0 Å². The summed E-state index contributed by atoms with van der Waals surface area (Å²) in [7, 11) is -9.90. The molecular weight excluding hydrogens is 1250 g/mol. The van der Waals surface area contributed by atoms with Crippen LogP contribution in [0.4, 0.5) is 0 Å². The highest BCUT2D eigenvalue weighted by Crippen LogP contribution is 2.45. The first-order chi connectivity index (χ1) is 45.9. The third kappa shape index (κ3) is 70.3. The zero-order valence-electron chi connectivity index (χ0n) is 62.0. The molecule has 0 bridgehead atoms. The highest BCUT2D eigenvalue weighted by molar-refractivity contribution is 7.47. The first-order valence-electron chi connectivity index (χ1n) is 39.5.